The molecule has 0 aromatic heterocycles. The Morgan fingerprint density at radius 1 is 1.19 bits per heavy atom. The molecule has 1 rings (SSSR count). The van der Waals surface area contributed by atoms with Crippen LogP contribution in [0, 0.1) is 5.41 Å². The van der Waals surface area contributed by atoms with Crippen LogP contribution < -0.4 is 0 Å². The summed E-state index contributed by atoms with van der Waals surface area (Å²) < 4.78 is 11.4. The largest absolute Gasteiger partial charge is 0.381 e. The summed E-state index contributed by atoms with van der Waals surface area (Å²) in [5, 5.41) is 0. The van der Waals surface area contributed by atoms with Crippen molar-refractivity contribution in [1.82, 2.24) is 0 Å². The van der Waals surface area contributed by atoms with Gasteiger partial charge < -0.3 is 9.47 Å². The van der Waals surface area contributed by atoms with E-state index in [1.165, 1.54) is 32.1 Å². The second kappa shape index (κ2) is 7.29. The number of ether oxygens (including phenoxy) is 2. The van der Waals surface area contributed by atoms with E-state index in [9.17, 15) is 0 Å². The van der Waals surface area contributed by atoms with Gasteiger partial charge in [0, 0.05) is 12.0 Å². The van der Waals surface area contributed by atoms with Gasteiger partial charge in [0.05, 0.1) is 19.3 Å². The minimum atomic E-state index is 0.333. The van der Waals surface area contributed by atoms with Gasteiger partial charge in [-0.05, 0) is 19.3 Å². The van der Waals surface area contributed by atoms with Crippen molar-refractivity contribution in [3.63, 3.8) is 0 Å². The summed E-state index contributed by atoms with van der Waals surface area (Å²) in [5.41, 5.74) is 0.333. The van der Waals surface area contributed by atoms with Crippen LogP contribution in [0.3, 0.4) is 0 Å². The van der Waals surface area contributed by atoms with Crippen LogP contribution in [0.4, 0.5) is 0 Å². The lowest BCUT2D eigenvalue weighted by Gasteiger charge is -2.48. The molecule has 16 heavy (non-hydrogen) atoms. The normalized spacial score (nSPS) is 29.1. The molecule has 0 amide bonds. The zero-order chi connectivity index (χ0) is 11.9. The van der Waals surface area contributed by atoms with Crippen molar-refractivity contribution in [1.29, 1.82) is 0 Å². The van der Waals surface area contributed by atoms with Gasteiger partial charge in [0.2, 0.25) is 0 Å². The number of unbranched alkanes of at least 4 members (excludes halogenated alkanes) is 3. The highest BCUT2D eigenvalue weighted by atomic mass is 16.5. The Morgan fingerprint density at radius 2 is 2.00 bits per heavy atom. The van der Waals surface area contributed by atoms with E-state index >= 15 is 0 Å². The maximum atomic E-state index is 5.83. The van der Waals surface area contributed by atoms with Crippen LogP contribution in [-0.4, -0.2) is 25.9 Å². The van der Waals surface area contributed by atoms with Gasteiger partial charge in [-0.25, -0.2) is 0 Å². The highest BCUT2D eigenvalue weighted by Crippen LogP contribution is 2.40. The smallest absolute Gasteiger partial charge is 0.0673 e. The Hall–Kier alpha value is -0.0800. The lowest BCUT2D eigenvalue weighted by atomic mass is 9.75. The molecule has 0 saturated carbocycles. The molecule has 0 N–H and O–H groups in total. The summed E-state index contributed by atoms with van der Waals surface area (Å²) in [6.07, 6.45) is 7.89. The van der Waals surface area contributed by atoms with Crippen molar-refractivity contribution in [2.45, 2.75) is 65.4 Å². The van der Waals surface area contributed by atoms with Gasteiger partial charge in [-0.15, -0.1) is 0 Å². The molecule has 1 heterocycles. The Balaban J connectivity index is 2.10. The summed E-state index contributed by atoms with van der Waals surface area (Å²) in [7, 11) is 0. The van der Waals surface area contributed by atoms with E-state index in [0.29, 0.717) is 11.5 Å². The van der Waals surface area contributed by atoms with Gasteiger partial charge in [0.15, 0.2) is 0 Å². The van der Waals surface area contributed by atoms with Gasteiger partial charge in [0.1, 0.15) is 0 Å². The molecule has 0 radical (unpaired) electrons. The first-order valence-electron chi connectivity index (χ1n) is 6.98. The van der Waals surface area contributed by atoms with E-state index in [-0.39, 0.29) is 0 Å². The molecule has 2 heteroatoms. The molecule has 2 atom stereocenters. The molecule has 1 saturated heterocycles. The van der Waals surface area contributed by atoms with E-state index in [0.717, 1.165) is 26.2 Å². The molecule has 96 valence electrons. The van der Waals surface area contributed by atoms with E-state index in [1.807, 2.05) is 0 Å². The Bertz CT molecular complexity index is 176. The Morgan fingerprint density at radius 3 is 2.50 bits per heavy atom. The zero-order valence-corrected chi connectivity index (χ0v) is 11.3. The van der Waals surface area contributed by atoms with Crippen LogP contribution in [0.5, 0.6) is 0 Å². The quantitative estimate of drug-likeness (QED) is 0.559. The second-order valence-electron chi connectivity index (χ2n) is 5.04. The molecule has 1 aliphatic heterocycles. The third-order valence-electron chi connectivity index (χ3n) is 3.86. The molecule has 0 bridgehead atoms. The van der Waals surface area contributed by atoms with E-state index < -0.39 is 0 Å². The van der Waals surface area contributed by atoms with Crippen LogP contribution in [0.25, 0.3) is 0 Å². The maximum Gasteiger partial charge on any atom is 0.0673 e. The van der Waals surface area contributed by atoms with Gasteiger partial charge in [-0.1, -0.05) is 40.0 Å². The summed E-state index contributed by atoms with van der Waals surface area (Å²) in [4.78, 5) is 0. The summed E-state index contributed by atoms with van der Waals surface area (Å²) in [6.45, 7) is 9.43. The van der Waals surface area contributed by atoms with Crippen molar-refractivity contribution in [2.24, 2.45) is 5.41 Å². The van der Waals surface area contributed by atoms with Crippen molar-refractivity contribution >= 4 is 0 Å². The predicted octanol–water partition coefficient (Wildman–Crippen LogP) is 3.79. The molecule has 2 unspecified atom stereocenters. The van der Waals surface area contributed by atoms with E-state index in [4.69, 9.17) is 9.47 Å². The first kappa shape index (κ1) is 14.0. The van der Waals surface area contributed by atoms with Crippen molar-refractivity contribution in [3.05, 3.63) is 0 Å². The topological polar surface area (TPSA) is 18.5 Å². The number of rotatable bonds is 9. The minimum absolute atomic E-state index is 0.333. The van der Waals surface area contributed by atoms with Crippen LogP contribution in [0.2, 0.25) is 0 Å². The lowest BCUT2D eigenvalue weighted by molar-refractivity contribution is -0.213. The first-order chi connectivity index (χ1) is 7.79. The fraction of sp³-hybridized carbons (Fsp3) is 1.00. The summed E-state index contributed by atoms with van der Waals surface area (Å²) >= 11 is 0. The molecule has 0 aromatic carbocycles. The van der Waals surface area contributed by atoms with Crippen LogP contribution in [0.1, 0.15) is 59.3 Å². The third-order valence-corrected chi connectivity index (χ3v) is 3.86. The van der Waals surface area contributed by atoms with Crippen molar-refractivity contribution < 1.29 is 9.47 Å². The molecular weight excluding hydrogens is 200 g/mol. The molecule has 1 aliphatic rings. The van der Waals surface area contributed by atoms with Crippen molar-refractivity contribution in [3.8, 4) is 0 Å². The van der Waals surface area contributed by atoms with Crippen LogP contribution >= 0.6 is 0 Å². The fourth-order valence-electron chi connectivity index (χ4n) is 2.46. The zero-order valence-electron chi connectivity index (χ0n) is 11.3. The standard InChI is InChI=1S/C14H28O2/c1-4-7-8-9-10-15-11-14(6-3)12-16-13(14)5-2/h13H,4-12H2,1-3H3. The van der Waals surface area contributed by atoms with Crippen molar-refractivity contribution in [2.75, 3.05) is 19.8 Å². The minimum Gasteiger partial charge on any atom is -0.381 e. The molecular formula is C14H28O2. The average molecular weight is 228 g/mol. The highest BCUT2D eigenvalue weighted by molar-refractivity contribution is 4.93. The molecule has 1 fully saturated rings. The number of hydrogen-bond donors (Lipinski definition) is 0. The second-order valence-corrected chi connectivity index (χ2v) is 5.04. The van der Waals surface area contributed by atoms with Crippen LogP contribution in [0.15, 0.2) is 0 Å². The van der Waals surface area contributed by atoms with Gasteiger partial charge in [-0.3, -0.25) is 0 Å². The monoisotopic (exact) mass is 228 g/mol. The highest BCUT2D eigenvalue weighted by Gasteiger charge is 2.45. The van der Waals surface area contributed by atoms with Gasteiger partial charge in [0.25, 0.3) is 0 Å². The Kier molecular flexibility index (Phi) is 6.37. The molecule has 0 spiro atoms. The fourth-order valence-corrected chi connectivity index (χ4v) is 2.46. The molecule has 0 aliphatic carbocycles. The van der Waals surface area contributed by atoms with Gasteiger partial charge >= 0.3 is 0 Å². The molecule has 2 nitrogen and oxygen atoms in total. The van der Waals surface area contributed by atoms with E-state index in [2.05, 4.69) is 20.8 Å². The predicted molar refractivity (Wildman–Crippen MR) is 67.7 cm³/mol. The van der Waals surface area contributed by atoms with E-state index in [1.54, 1.807) is 0 Å². The average Bonchev–Trinajstić information content (AvgIpc) is 2.28. The Labute approximate surface area is 101 Å². The lowest BCUT2D eigenvalue weighted by Crippen LogP contribution is -2.54. The third kappa shape index (κ3) is 3.46. The van der Waals surface area contributed by atoms with Gasteiger partial charge in [-0.2, -0.15) is 0 Å². The molecule has 0 aromatic rings. The number of hydrogen-bond acceptors (Lipinski definition) is 2. The van der Waals surface area contributed by atoms with Crippen LogP contribution in [-0.2, 0) is 9.47 Å². The maximum absolute atomic E-state index is 5.83. The first-order valence-corrected chi connectivity index (χ1v) is 6.98. The SMILES string of the molecule is CCCCCCOCC1(CC)COC1CC. The summed E-state index contributed by atoms with van der Waals surface area (Å²) in [6, 6.07) is 0. The summed E-state index contributed by atoms with van der Waals surface area (Å²) in [5.74, 6) is 0.